The first kappa shape index (κ1) is 14.8. The van der Waals surface area contributed by atoms with Crippen LogP contribution < -0.4 is 10.3 Å². The third kappa shape index (κ3) is 4.17. The fourth-order valence-corrected chi connectivity index (χ4v) is 1.82. The summed E-state index contributed by atoms with van der Waals surface area (Å²) < 4.78 is 5.48. The van der Waals surface area contributed by atoms with Crippen LogP contribution in [0.1, 0.15) is 19.0 Å². The number of H-pyrrole nitrogens is 1. The van der Waals surface area contributed by atoms with E-state index in [1.165, 1.54) is 6.07 Å². The molecule has 0 atom stereocenters. The van der Waals surface area contributed by atoms with Crippen LogP contribution in [0.15, 0.2) is 35.1 Å². The highest BCUT2D eigenvalue weighted by atomic mass is 16.5. The monoisotopic (exact) mass is 288 g/mol. The molecule has 0 aliphatic heterocycles. The Labute approximate surface area is 121 Å². The molecule has 0 fully saturated rings. The Morgan fingerprint density at radius 2 is 2.05 bits per heavy atom. The van der Waals surface area contributed by atoms with Gasteiger partial charge in [0.2, 0.25) is 0 Å². The summed E-state index contributed by atoms with van der Waals surface area (Å²) in [5.41, 5.74) is 0.554. The number of aromatic nitrogens is 2. The van der Waals surface area contributed by atoms with Crippen molar-refractivity contribution < 1.29 is 14.6 Å². The molecule has 0 aliphatic rings. The minimum absolute atomic E-state index is 0.229. The van der Waals surface area contributed by atoms with E-state index in [-0.39, 0.29) is 17.7 Å². The van der Waals surface area contributed by atoms with Crippen LogP contribution in [0.5, 0.6) is 5.75 Å². The van der Waals surface area contributed by atoms with Crippen LogP contribution in [0.4, 0.5) is 0 Å². The number of hydrogen-bond donors (Lipinski definition) is 2. The quantitative estimate of drug-likeness (QED) is 0.846. The van der Waals surface area contributed by atoms with Gasteiger partial charge in [0.1, 0.15) is 11.6 Å². The number of benzene rings is 1. The molecule has 21 heavy (non-hydrogen) atoms. The normalized spacial score (nSPS) is 10.3. The summed E-state index contributed by atoms with van der Waals surface area (Å²) in [6, 6.07) is 8.31. The molecule has 1 heterocycles. The van der Waals surface area contributed by atoms with Gasteiger partial charge in [-0.05, 0) is 30.7 Å². The Morgan fingerprint density at radius 3 is 2.67 bits per heavy atom. The maximum atomic E-state index is 11.6. The largest absolute Gasteiger partial charge is 0.494 e. The lowest BCUT2D eigenvalue weighted by Crippen LogP contribution is -2.13. The Morgan fingerprint density at radius 1 is 1.33 bits per heavy atom. The van der Waals surface area contributed by atoms with Crippen molar-refractivity contribution in [2.24, 2.45) is 0 Å². The van der Waals surface area contributed by atoms with Gasteiger partial charge in [-0.15, -0.1) is 0 Å². The number of carbonyl (C=O) groups is 1. The van der Waals surface area contributed by atoms with Crippen LogP contribution in [0, 0.1) is 0 Å². The summed E-state index contributed by atoms with van der Waals surface area (Å²) in [5.74, 6) is 0.0628. The standard InChI is InChI=1S/C15H16N2O4/c1-2-7-21-12-5-3-10(4-6-12)15-16-11(9-14(19)20)8-13(18)17-15/h3-6,8H,2,7,9H2,1H3,(H,19,20)(H,16,17,18). The molecule has 110 valence electrons. The van der Waals surface area contributed by atoms with Gasteiger partial charge < -0.3 is 14.8 Å². The second-order valence-electron chi connectivity index (χ2n) is 4.53. The third-order valence-electron chi connectivity index (χ3n) is 2.73. The second kappa shape index (κ2) is 6.69. The topological polar surface area (TPSA) is 92.3 Å². The van der Waals surface area contributed by atoms with Crippen molar-refractivity contribution in [3.8, 4) is 17.1 Å². The lowest BCUT2D eigenvalue weighted by molar-refractivity contribution is -0.136. The van der Waals surface area contributed by atoms with Crippen LogP contribution >= 0.6 is 0 Å². The summed E-state index contributed by atoms with van der Waals surface area (Å²) in [7, 11) is 0. The number of carboxylic acids is 1. The fourth-order valence-electron chi connectivity index (χ4n) is 1.82. The van der Waals surface area contributed by atoms with Gasteiger partial charge in [-0.1, -0.05) is 6.92 Å². The van der Waals surface area contributed by atoms with Crippen molar-refractivity contribution >= 4 is 5.97 Å². The fraction of sp³-hybridized carbons (Fsp3) is 0.267. The van der Waals surface area contributed by atoms with Crippen molar-refractivity contribution in [2.45, 2.75) is 19.8 Å². The van der Waals surface area contributed by atoms with Gasteiger partial charge in [-0.25, -0.2) is 4.98 Å². The van der Waals surface area contributed by atoms with Crippen molar-refractivity contribution in [1.82, 2.24) is 9.97 Å². The van der Waals surface area contributed by atoms with E-state index in [9.17, 15) is 9.59 Å². The smallest absolute Gasteiger partial charge is 0.309 e. The molecular formula is C15H16N2O4. The van der Waals surface area contributed by atoms with E-state index in [1.54, 1.807) is 24.3 Å². The van der Waals surface area contributed by atoms with Crippen LogP contribution in [0.2, 0.25) is 0 Å². The summed E-state index contributed by atoms with van der Waals surface area (Å²) in [4.78, 5) is 29.0. The van der Waals surface area contributed by atoms with E-state index < -0.39 is 5.97 Å². The molecule has 2 aromatic rings. The summed E-state index contributed by atoms with van der Waals surface area (Å²) in [6.45, 7) is 2.67. The van der Waals surface area contributed by atoms with E-state index >= 15 is 0 Å². The number of carboxylic acid groups (broad SMARTS) is 1. The highest BCUT2D eigenvalue weighted by Crippen LogP contribution is 2.19. The van der Waals surface area contributed by atoms with Crippen LogP contribution in [0.25, 0.3) is 11.4 Å². The number of ether oxygens (including phenoxy) is 1. The molecule has 0 saturated heterocycles. The zero-order valence-corrected chi connectivity index (χ0v) is 11.6. The maximum Gasteiger partial charge on any atom is 0.309 e. The zero-order chi connectivity index (χ0) is 15.2. The number of hydrogen-bond acceptors (Lipinski definition) is 4. The van der Waals surface area contributed by atoms with Crippen LogP contribution in [-0.2, 0) is 11.2 Å². The molecular weight excluding hydrogens is 272 g/mol. The number of aliphatic carboxylic acids is 1. The van der Waals surface area contributed by atoms with E-state index in [0.29, 0.717) is 18.0 Å². The van der Waals surface area contributed by atoms with Crippen molar-refractivity contribution in [1.29, 1.82) is 0 Å². The first-order valence-corrected chi connectivity index (χ1v) is 6.63. The van der Waals surface area contributed by atoms with Gasteiger partial charge in [-0.2, -0.15) is 0 Å². The molecule has 0 amide bonds. The summed E-state index contributed by atoms with van der Waals surface area (Å²) >= 11 is 0. The van der Waals surface area contributed by atoms with Crippen molar-refractivity contribution in [2.75, 3.05) is 6.61 Å². The highest BCUT2D eigenvalue weighted by Gasteiger charge is 2.07. The molecule has 6 nitrogen and oxygen atoms in total. The number of nitrogens with zero attached hydrogens (tertiary/aromatic N) is 1. The summed E-state index contributed by atoms with van der Waals surface area (Å²) in [6.07, 6.45) is 0.641. The van der Waals surface area contributed by atoms with E-state index in [1.807, 2.05) is 6.92 Å². The van der Waals surface area contributed by atoms with Gasteiger partial charge in [0.15, 0.2) is 0 Å². The van der Waals surface area contributed by atoms with Crippen LogP contribution in [0.3, 0.4) is 0 Å². The van der Waals surface area contributed by atoms with E-state index in [4.69, 9.17) is 9.84 Å². The van der Waals surface area contributed by atoms with E-state index in [2.05, 4.69) is 9.97 Å². The minimum atomic E-state index is -1.03. The lowest BCUT2D eigenvalue weighted by atomic mass is 10.2. The average Bonchev–Trinajstić information content (AvgIpc) is 2.44. The number of aromatic amines is 1. The zero-order valence-electron chi connectivity index (χ0n) is 11.6. The molecule has 1 aromatic carbocycles. The molecule has 0 saturated carbocycles. The molecule has 0 aliphatic carbocycles. The first-order chi connectivity index (χ1) is 10.1. The minimum Gasteiger partial charge on any atom is -0.494 e. The van der Waals surface area contributed by atoms with Crippen LogP contribution in [-0.4, -0.2) is 27.7 Å². The lowest BCUT2D eigenvalue weighted by Gasteiger charge is -2.06. The molecule has 0 spiro atoms. The van der Waals surface area contributed by atoms with Gasteiger partial charge in [0.25, 0.3) is 5.56 Å². The SMILES string of the molecule is CCCOc1ccc(-c2nc(CC(=O)O)cc(=O)[nH]2)cc1. The summed E-state index contributed by atoms with van der Waals surface area (Å²) in [5, 5.41) is 8.77. The maximum absolute atomic E-state index is 11.6. The van der Waals surface area contributed by atoms with Gasteiger partial charge >= 0.3 is 5.97 Å². The third-order valence-corrected chi connectivity index (χ3v) is 2.73. The molecule has 0 radical (unpaired) electrons. The molecule has 1 aromatic heterocycles. The van der Waals surface area contributed by atoms with E-state index in [0.717, 1.165) is 12.2 Å². The Balaban J connectivity index is 2.26. The average molecular weight is 288 g/mol. The molecule has 0 bridgehead atoms. The molecule has 2 N–H and O–H groups in total. The first-order valence-electron chi connectivity index (χ1n) is 6.63. The molecule has 6 heteroatoms. The Hall–Kier alpha value is -2.63. The molecule has 2 rings (SSSR count). The van der Waals surface area contributed by atoms with Crippen molar-refractivity contribution in [3.63, 3.8) is 0 Å². The number of rotatable bonds is 6. The molecule has 0 unspecified atom stereocenters. The van der Waals surface area contributed by atoms with Crippen molar-refractivity contribution in [3.05, 3.63) is 46.4 Å². The Kier molecular flexibility index (Phi) is 4.71. The predicted octanol–water partition coefficient (Wildman–Crippen LogP) is 1.85. The number of nitrogens with one attached hydrogen (secondary N) is 1. The predicted molar refractivity (Wildman–Crippen MR) is 77.4 cm³/mol. The van der Waals surface area contributed by atoms with Gasteiger partial charge in [0, 0.05) is 11.6 Å². The van der Waals surface area contributed by atoms with Gasteiger partial charge in [-0.3, -0.25) is 9.59 Å². The van der Waals surface area contributed by atoms with Gasteiger partial charge in [0.05, 0.1) is 18.7 Å². The highest BCUT2D eigenvalue weighted by molar-refractivity contribution is 5.69. The Bertz CT molecular complexity index is 677. The second-order valence-corrected chi connectivity index (χ2v) is 4.53.